The van der Waals surface area contributed by atoms with Crippen molar-refractivity contribution >= 4 is 5.96 Å². The second-order valence-corrected chi connectivity index (χ2v) is 5.83. The molecule has 1 rings (SSSR count). The van der Waals surface area contributed by atoms with Crippen molar-refractivity contribution < 1.29 is 4.74 Å². The summed E-state index contributed by atoms with van der Waals surface area (Å²) in [6.07, 6.45) is 1.17. The van der Waals surface area contributed by atoms with Crippen LogP contribution in [0.3, 0.4) is 0 Å². The van der Waals surface area contributed by atoms with E-state index in [1.54, 1.807) is 0 Å². The molecule has 0 spiro atoms. The molecule has 0 saturated carbocycles. The predicted molar refractivity (Wildman–Crippen MR) is 85.3 cm³/mol. The molecular weight excluding hydrogens is 252 g/mol. The molecule has 0 amide bonds. The van der Waals surface area contributed by atoms with Crippen LogP contribution < -0.4 is 10.6 Å². The van der Waals surface area contributed by atoms with Gasteiger partial charge in [0.15, 0.2) is 5.96 Å². The summed E-state index contributed by atoms with van der Waals surface area (Å²) in [5, 5.41) is 6.72. The zero-order valence-electron chi connectivity index (χ0n) is 13.6. The molecule has 1 atom stereocenters. The molecule has 0 radical (unpaired) electrons. The fraction of sp³-hybridized carbons (Fsp3) is 0.933. The lowest BCUT2D eigenvalue weighted by Gasteiger charge is -2.31. The maximum absolute atomic E-state index is 5.39. The van der Waals surface area contributed by atoms with E-state index < -0.39 is 0 Å². The Hall–Kier alpha value is -0.810. The number of hydrogen-bond donors (Lipinski definition) is 2. The Morgan fingerprint density at radius 3 is 2.50 bits per heavy atom. The highest BCUT2D eigenvalue weighted by Gasteiger charge is 2.16. The Bertz CT molecular complexity index is 275. The minimum absolute atomic E-state index is 0.472. The van der Waals surface area contributed by atoms with E-state index in [9.17, 15) is 0 Å². The maximum atomic E-state index is 5.39. The average molecular weight is 284 g/mol. The smallest absolute Gasteiger partial charge is 0.191 e. The van der Waals surface area contributed by atoms with E-state index in [0.29, 0.717) is 6.04 Å². The Morgan fingerprint density at radius 1 is 1.20 bits per heavy atom. The number of rotatable bonds is 7. The Morgan fingerprint density at radius 2 is 1.90 bits per heavy atom. The summed E-state index contributed by atoms with van der Waals surface area (Å²) in [7, 11) is 0. The molecule has 0 aromatic rings. The number of morpholine rings is 1. The van der Waals surface area contributed by atoms with Gasteiger partial charge in [-0.25, -0.2) is 0 Å². The SMILES string of the molecule is CCNC(=NCC(C)N1CCOCC1)NCCC(C)C. The van der Waals surface area contributed by atoms with Crippen molar-refractivity contribution in [2.75, 3.05) is 45.9 Å². The Balaban J connectivity index is 2.35. The van der Waals surface area contributed by atoms with E-state index in [1.165, 1.54) is 6.42 Å². The van der Waals surface area contributed by atoms with E-state index in [1.807, 2.05) is 0 Å². The zero-order chi connectivity index (χ0) is 14.8. The molecule has 5 nitrogen and oxygen atoms in total. The van der Waals surface area contributed by atoms with Crippen molar-refractivity contribution in [3.63, 3.8) is 0 Å². The lowest BCUT2D eigenvalue weighted by molar-refractivity contribution is 0.0220. The van der Waals surface area contributed by atoms with Gasteiger partial charge in [-0.05, 0) is 26.2 Å². The largest absolute Gasteiger partial charge is 0.379 e. The Kier molecular flexibility index (Phi) is 8.62. The van der Waals surface area contributed by atoms with Crippen molar-refractivity contribution in [3.8, 4) is 0 Å². The van der Waals surface area contributed by atoms with Crippen LogP contribution in [0.1, 0.15) is 34.1 Å². The molecule has 1 heterocycles. The molecular formula is C15H32N4O. The van der Waals surface area contributed by atoms with E-state index in [-0.39, 0.29) is 0 Å². The van der Waals surface area contributed by atoms with Crippen LogP contribution in [0.4, 0.5) is 0 Å². The number of ether oxygens (including phenoxy) is 1. The van der Waals surface area contributed by atoms with Gasteiger partial charge in [-0.1, -0.05) is 13.8 Å². The topological polar surface area (TPSA) is 48.9 Å². The number of hydrogen-bond acceptors (Lipinski definition) is 3. The summed E-state index contributed by atoms with van der Waals surface area (Å²) >= 11 is 0. The van der Waals surface area contributed by atoms with E-state index in [0.717, 1.165) is 57.8 Å². The first-order valence-electron chi connectivity index (χ1n) is 7.97. The monoisotopic (exact) mass is 284 g/mol. The van der Waals surface area contributed by atoms with E-state index in [4.69, 9.17) is 9.73 Å². The summed E-state index contributed by atoms with van der Waals surface area (Å²) in [5.74, 6) is 1.66. The number of aliphatic imine (C=N–C) groups is 1. The van der Waals surface area contributed by atoms with Gasteiger partial charge < -0.3 is 15.4 Å². The van der Waals surface area contributed by atoms with E-state index in [2.05, 4.69) is 43.2 Å². The lowest BCUT2D eigenvalue weighted by Crippen LogP contribution is -2.44. The van der Waals surface area contributed by atoms with Gasteiger partial charge in [0.2, 0.25) is 0 Å². The number of nitrogens with one attached hydrogen (secondary N) is 2. The Labute approximate surface area is 124 Å². The standard InChI is InChI=1S/C15H32N4O/c1-5-16-15(17-7-6-13(2)3)18-12-14(4)19-8-10-20-11-9-19/h13-14H,5-12H2,1-4H3,(H2,16,17,18). The van der Waals surface area contributed by atoms with Gasteiger partial charge in [0.1, 0.15) is 0 Å². The first kappa shape index (κ1) is 17.2. The maximum Gasteiger partial charge on any atom is 0.191 e. The molecule has 0 bridgehead atoms. The van der Waals surface area contributed by atoms with Crippen LogP contribution in [0.2, 0.25) is 0 Å². The van der Waals surface area contributed by atoms with Crippen LogP contribution in [0.25, 0.3) is 0 Å². The second-order valence-electron chi connectivity index (χ2n) is 5.83. The molecule has 1 saturated heterocycles. The molecule has 20 heavy (non-hydrogen) atoms. The molecule has 1 aliphatic heterocycles. The highest BCUT2D eigenvalue weighted by atomic mass is 16.5. The predicted octanol–water partition coefficient (Wildman–Crippen LogP) is 1.31. The highest BCUT2D eigenvalue weighted by molar-refractivity contribution is 5.79. The molecule has 0 aromatic carbocycles. The summed E-state index contributed by atoms with van der Waals surface area (Å²) < 4.78 is 5.39. The summed E-state index contributed by atoms with van der Waals surface area (Å²) in [6, 6.07) is 0.472. The van der Waals surface area contributed by atoms with Crippen molar-refractivity contribution in [1.82, 2.24) is 15.5 Å². The van der Waals surface area contributed by atoms with Gasteiger partial charge in [-0.2, -0.15) is 0 Å². The quantitative estimate of drug-likeness (QED) is 0.547. The van der Waals surface area contributed by atoms with Gasteiger partial charge in [-0.15, -0.1) is 0 Å². The first-order valence-corrected chi connectivity index (χ1v) is 7.97. The van der Waals surface area contributed by atoms with Crippen LogP contribution in [-0.4, -0.2) is 62.8 Å². The molecule has 1 unspecified atom stereocenters. The number of nitrogens with zero attached hydrogens (tertiary/aromatic N) is 2. The third-order valence-corrected chi connectivity index (χ3v) is 3.54. The molecule has 1 aliphatic rings. The first-order chi connectivity index (χ1) is 9.63. The summed E-state index contributed by atoms with van der Waals surface area (Å²) in [6.45, 7) is 15.3. The summed E-state index contributed by atoms with van der Waals surface area (Å²) in [4.78, 5) is 7.15. The fourth-order valence-corrected chi connectivity index (χ4v) is 2.18. The second kappa shape index (κ2) is 10.00. The molecule has 2 N–H and O–H groups in total. The van der Waals surface area contributed by atoms with Crippen LogP contribution in [0.5, 0.6) is 0 Å². The third kappa shape index (κ3) is 7.10. The average Bonchev–Trinajstić information content (AvgIpc) is 2.45. The van der Waals surface area contributed by atoms with Crippen LogP contribution in [-0.2, 0) is 4.74 Å². The highest BCUT2D eigenvalue weighted by Crippen LogP contribution is 2.03. The molecule has 5 heteroatoms. The van der Waals surface area contributed by atoms with Crippen LogP contribution in [0.15, 0.2) is 4.99 Å². The fourth-order valence-electron chi connectivity index (χ4n) is 2.18. The van der Waals surface area contributed by atoms with E-state index >= 15 is 0 Å². The van der Waals surface area contributed by atoms with Crippen molar-refractivity contribution in [2.24, 2.45) is 10.9 Å². The minimum Gasteiger partial charge on any atom is -0.379 e. The minimum atomic E-state index is 0.472. The molecule has 0 aliphatic carbocycles. The van der Waals surface area contributed by atoms with Crippen molar-refractivity contribution in [2.45, 2.75) is 40.2 Å². The van der Waals surface area contributed by atoms with Crippen LogP contribution >= 0.6 is 0 Å². The van der Waals surface area contributed by atoms with Crippen molar-refractivity contribution in [1.29, 1.82) is 0 Å². The van der Waals surface area contributed by atoms with Gasteiger partial charge in [-0.3, -0.25) is 9.89 Å². The lowest BCUT2D eigenvalue weighted by atomic mass is 10.1. The van der Waals surface area contributed by atoms with Gasteiger partial charge in [0.05, 0.1) is 19.8 Å². The molecule has 0 aromatic heterocycles. The third-order valence-electron chi connectivity index (χ3n) is 3.54. The van der Waals surface area contributed by atoms with Crippen molar-refractivity contribution in [3.05, 3.63) is 0 Å². The molecule has 1 fully saturated rings. The zero-order valence-corrected chi connectivity index (χ0v) is 13.6. The van der Waals surface area contributed by atoms with Gasteiger partial charge >= 0.3 is 0 Å². The van der Waals surface area contributed by atoms with Gasteiger partial charge in [0, 0.05) is 32.2 Å². The van der Waals surface area contributed by atoms with Crippen LogP contribution in [0, 0.1) is 5.92 Å². The normalized spacial score (nSPS) is 19.1. The summed E-state index contributed by atoms with van der Waals surface area (Å²) in [5.41, 5.74) is 0. The number of guanidine groups is 1. The molecule has 118 valence electrons. The van der Waals surface area contributed by atoms with Gasteiger partial charge in [0.25, 0.3) is 0 Å².